The number of carbonyl (C=O) groups excluding carboxylic acids is 2. The monoisotopic (exact) mass is 283 g/mol. The Morgan fingerprint density at radius 1 is 1.30 bits per heavy atom. The highest BCUT2D eigenvalue weighted by molar-refractivity contribution is 5.92. The van der Waals surface area contributed by atoms with E-state index in [1.165, 1.54) is 0 Å². The van der Waals surface area contributed by atoms with Crippen molar-refractivity contribution >= 4 is 17.7 Å². The summed E-state index contributed by atoms with van der Waals surface area (Å²) < 4.78 is 10.00. The van der Waals surface area contributed by atoms with E-state index >= 15 is 0 Å². The molecule has 0 bridgehead atoms. The van der Waals surface area contributed by atoms with Gasteiger partial charge in [0.1, 0.15) is 17.0 Å². The van der Waals surface area contributed by atoms with Crippen molar-refractivity contribution in [2.75, 3.05) is 11.9 Å². The number of alkyl carbamates (subject to hydrolysis) is 1. The van der Waals surface area contributed by atoms with Gasteiger partial charge >= 0.3 is 6.09 Å². The van der Waals surface area contributed by atoms with Crippen LogP contribution >= 0.6 is 0 Å². The summed E-state index contributed by atoms with van der Waals surface area (Å²) in [5.41, 5.74) is 0.645. The van der Waals surface area contributed by atoms with Crippen molar-refractivity contribution in [2.45, 2.75) is 46.6 Å². The molecule has 2 N–H and O–H groups in total. The van der Waals surface area contributed by atoms with Gasteiger partial charge in [-0.3, -0.25) is 4.79 Å². The zero-order valence-corrected chi connectivity index (χ0v) is 12.5. The van der Waals surface area contributed by atoms with Gasteiger partial charge in [0.25, 0.3) is 0 Å². The maximum atomic E-state index is 11.7. The molecule has 0 aromatic carbocycles. The zero-order chi connectivity index (χ0) is 15.3. The SMILES string of the molecule is Cc1noc(C)c1NC(=O)CCNC(=O)OC(C)(C)C. The number of hydrogen-bond acceptors (Lipinski definition) is 5. The molecule has 0 unspecified atom stereocenters. The fourth-order valence-electron chi connectivity index (χ4n) is 1.46. The van der Waals surface area contributed by atoms with Crippen LogP contribution in [0.2, 0.25) is 0 Å². The smallest absolute Gasteiger partial charge is 0.407 e. The summed E-state index contributed by atoms with van der Waals surface area (Å²) in [4.78, 5) is 23.1. The third kappa shape index (κ3) is 5.29. The van der Waals surface area contributed by atoms with E-state index in [0.717, 1.165) is 0 Å². The van der Waals surface area contributed by atoms with Crippen molar-refractivity contribution in [1.82, 2.24) is 10.5 Å². The molecule has 7 nitrogen and oxygen atoms in total. The number of anilines is 1. The number of nitrogens with zero attached hydrogens (tertiary/aromatic N) is 1. The second-order valence-electron chi connectivity index (χ2n) is 5.43. The highest BCUT2D eigenvalue weighted by Crippen LogP contribution is 2.18. The van der Waals surface area contributed by atoms with E-state index < -0.39 is 11.7 Å². The number of ether oxygens (including phenoxy) is 1. The van der Waals surface area contributed by atoms with E-state index in [0.29, 0.717) is 17.1 Å². The molecule has 0 saturated heterocycles. The average Bonchev–Trinajstić information content (AvgIpc) is 2.58. The number of hydrogen-bond donors (Lipinski definition) is 2. The molecule has 1 rings (SSSR count). The first-order valence-electron chi connectivity index (χ1n) is 6.38. The number of amides is 2. The van der Waals surface area contributed by atoms with Crippen molar-refractivity contribution in [2.24, 2.45) is 0 Å². The lowest BCUT2D eigenvalue weighted by molar-refractivity contribution is -0.116. The van der Waals surface area contributed by atoms with Crippen LogP contribution in [-0.2, 0) is 9.53 Å². The van der Waals surface area contributed by atoms with Crippen LogP contribution in [0, 0.1) is 13.8 Å². The molecule has 1 aromatic heterocycles. The summed E-state index contributed by atoms with van der Waals surface area (Å²) in [5.74, 6) is 0.325. The lowest BCUT2D eigenvalue weighted by atomic mass is 10.2. The highest BCUT2D eigenvalue weighted by atomic mass is 16.6. The Labute approximate surface area is 118 Å². The van der Waals surface area contributed by atoms with Crippen LogP contribution in [0.1, 0.15) is 38.6 Å². The van der Waals surface area contributed by atoms with Gasteiger partial charge in [-0.05, 0) is 34.6 Å². The Morgan fingerprint density at radius 3 is 2.45 bits per heavy atom. The predicted molar refractivity (Wildman–Crippen MR) is 73.5 cm³/mol. The van der Waals surface area contributed by atoms with Crippen molar-refractivity contribution in [1.29, 1.82) is 0 Å². The summed E-state index contributed by atoms with van der Waals surface area (Å²) >= 11 is 0. The van der Waals surface area contributed by atoms with Gasteiger partial charge in [0.05, 0.1) is 0 Å². The minimum absolute atomic E-state index is 0.142. The van der Waals surface area contributed by atoms with E-state index in [1.54, 1.807) is 34.6 Å². The first kappa shape index (κ1) is 16.0. The minimum atomic E-state index is -0.553. The molecule has 0 aliphatic carbocycles. The molecule has 1 aromatic rings. The molecule has 0 saturated carbocycles. The van der Waals surface area contributed by atoms with Crippen LogP contribution in [0.3, 0.4) is 0 Å². The standard InChI is InChI=1S/C13H21N3O4/c1-8-11(9(2)20-16-8)15-10(17)6-7-14-12(18)19-13(3,4)5/h6-7H2,1-5H3,(H,14,18)(H,15,17). The molecule has 0 atom stereocenters. The van der Waals surface area contributed by atoms with Crippen LogP contribution in [0.15, 0.2) is 4.52 Å². The van der Waals surface area contributed by atoms with Crippen LogP contribution in [0.4, 0.5) is 10.5 Å². The second kappa shape index (κ2) is 6.40. The van der Waals surface area contributed by atoms with Gasteiger partial charge in [0.15, 0.2) is 5.76 Å². The Hall–Kier alpha value is -2.05. The molecule has 0 fully saturated rings. The fourth-order valence-corrected chi connectivity index (χ4v) is 1.46. The van der Waals surface area contributed by atoms with Gasteiger partial charge in [0.2, 0.25) is 5.91 Å². The van der Waals surface area contributed by atoms with Crippen molar-refractivity contribution in [3.05, 3.63) is 11.5 Å². The minimum Gasteiger partial charge on any atom is -0.444 e. The molecule has 1 heterocycles. The Kier molecular flexibility index (Phi) is 5.12. The summed E-state index contributed by atoms with van der Waals surface area (Å²) in [6, 6.07) is 0. The summed E-state index contributed by atoms with van der Waals surface area (Å²) in [6.07, 6.45) is -0.397. The molecule has 7 heteroatoms. The number of aryl methyl sites for hydroxylation is 2. The maximum Gasteiger partial charge on any atom is 0.407 e. The Bertz CT molecular complexity index is 469. The molecule has 20 heavy (non-hydrogen) atoms. The number of carbonyl (C=O) groups is 2. The zero-order valence-electron chi connectivity index (χ0n) is 12.5. The Morgan fingerprint density at radius 2 is 1.95 bits per heavy atom. The van der Waals surface area contributed by atoms with E-state index in [-0.39, 0.29) is 18.9 Å². The molecule has 112 valence electrons. The van der Waals surface area contributed by atoms with Gasteiger partial charge in [-0.25, -0.2) is 4.79 Å². The van der Waals surface area contributed by atoms with Crippen LogP contribution in [0.25, 0.3) is 0 Å². The number of aromatic nitrogens is 1. The summed E-state index contributed by atoms with van der Waals surface area (Å²) in [5, 5.41) is 8.95. The summed E-state index contributed by atoms with van der Waals surface area (Å²) in [7, 11) is 0. The van der Waals surface area contributed by atoms with Gasteiger partial charge in [-0.2, -0.15) is 0 Å². The third-order valence-electron chi connectivity index (χ3n) is 2.32. The van der Waals surface area contributed by atoms with Gasteiger partial charge in [-0.1, -0.05) is 5.16 Å². The van der Waals surface area contributed by atoms with Crippen molar-refractivity contribution < 1.29 is 18.8 Å². The molecule has 0 spiro atoms. The number of nitrogens with one attached hydrogen (secondary N) is 2. The average molecular weight is 283 g/mol. The highest BCUT2D eigenvalue weighted by Gasteiger charge is 2.16. The Balaban J connectivity index is 2.33. The van der Waals surface area contributed by atoms with Crippen LogP contribution in [0.5, 0.6) is 0 Å². The van der Waals surface area contributed by atoms with E-state index in [1.807, 2.05) is 0 Å². The molecular weight excluding hydrogens is 262 g/mol. The number of rotatable bonds is 4. The van der Waals surface area contributed by atoms with Crippen LogP contribution in [-0.4, -0.2) is 29.3 Å². The first-order chi connectivity index (χ1) is 9.19. The topological polar surface area (TPSA) is 93.5 Å². The maximum absolute atomic E-state index is 11.7. The lowest BCUT2D eigenvalue weighted by Gasteiger charge is -2.19. The lowest BCUT2D eigenvalue weighted by Crippen LogP contribution is -2.34. The molecular formula is C13H21N3O4. The predicted octanol–water partition coefficient (Wildman–Crippen LogP) is 2.14. The third-order valence-corrected chi connectivity index (χ3v) is 2.32. The molecule has 0 radical (unpaired) electrons. The van der Waals surface area contributed by atoms with Crippen molar-refractivity contribution in [3.8, 4) is 0 Å². The quantitative estimate of drug-likeness (QED) is 0.883. The summed E-state index contributed by atoms with van der Waals surface area (Å²) in [6.45, 7) is 8.98. The van der Waals surface area contributed by atoms with Crippen LogP contribution < -0.4 is 10.6 Å². The van der Waals surface area contributed by atoms with Gasteiger partial charge in [0, 0.05) is 13.0 Å². The van der Waals surface area contributed by atoms with Gasteiger partial charge < -0.3 is 19.9 Å². The van der Waals surface area contributed by atoms with E-state index in [9.17, 15) is 9.59 Å². The molecule has 0 aliphatic heterocycles. The fraction of sp³-hybridized carbons (Fsp3) is 0.615. The van der Waals surface area contributed by atoms with E-state index in [4.69, 9.17) is 9.26 Å². The first-order valence-corrected chi connectivity index (χ1v) is 6.38. The van der Waals surface area contributed by atoms with Crippen molar-refractivity contribution in [3.63, 3.8) is 0 Å². The van der Waals surface area contributed by atoms with Gasteiger partial charge in [-0.15, -0.1) is 0 Å². The molecule has 0 aliphatic rings. The largest absolute Gasteiger partial charge is 0.444 e. The van der Waals surface area contributed by atoms with E-state index in [2.05, 4.69) is 15.8 Å². The molecule has 2 amide bonds. The second-order valence-corrected chi connectivity index (χ2v) is 5.43. The normalized spacial score (nSPS) is 11.1.